The number of likely N-dealkylation sites (N-methyl/N-ethyl adjacent to an activating group) is 1. The summed E-state index contributed by atoms with van der Waals surface area (Å²) in [5.41, 5.74) is -0.657. The molecule has 2 atom stereocenters. The van der Waals surface area contributed by atoms with Crippen molar-refractivity contribution in [2.75, 3.05) is 20.1 Å². The highest BCUT2D eigenvalue weighted by Gasteiger charge is 2.43. The van der Waals surface area contributed by atoms with Crippen molar-refractivity contribution in [3.8, 4) is 22.8 Å². The normalized spacial score (nSPS) is 21.9. The van der Waals surface area contributed by atoms with Crippen LogP contribution in [0.1, 0.15) is 12.0 Å². The molecular formula is C21H20BClNO8P. The lowest BCUT2D eigenvalue weighted by Gasteiger charge is -2.43. The number of rotatable bonds is 4. The van der Waals surface area contributed by atoms with Crippen LogP contribution in [0.2, 0.25) is 5.02 Å². The minimum atomic E-state index is -5.11. The molecule has 4 rings (SSSR count). The van der Waals surface area contributed by atoms with Gasteiger partial charge in [-0.25, -0.2) is 4.57 Å². The molecule has 2 aromatic carbocycles. The number of benzene rings is 2. The van der Waals surface area contributed by atoms with Crippen molar-refractivity contribution in [1.29, 1.82) is 0 Å². The average Bonchev–Trinajstić information content (AvgIpc) is 2.69. The van der Waals surface area contributed by atoms with Crippen LogP contribution in [-0.4, -0.2) is 59.0 Å². The second-order valence-electron chi connectivity index (χ2n) is 8.08. The van der Waals surface area contributed by atoms with Gasteiger partial charge in [0.05, 0.1) is 19.0 Å². The third-order valence-corrected chi connectivity index (χ3v) is 6.52. The molecule has 2 unspecified atom stereocenters. The van der Waals surface area contributed by atoms with Crippen molar-refractivity contribution >= 4 is 38.2 Å². The van der Waals surface area contributed by atoms with Crippen LogP contribution in [0.15, 0.2) is 45.6 Å². The smallest absolute Gasteiger partial charge is 0.507 e. The SMILES string of the molecule is [B]C1(c2c(OP(=O)(O)O)cc(O)c3c(=O)cc(-c4ccccc4Cl)oc23)CCN(C)CC1O. The number of likely N-dealkylation sites (tertiary alicyclic amines) is 1. The molecule has 1 aromatic heterocycles. The van der Waals surface area contributed by atoms with E-state index in [4.69, 9.17) is 28.4 Å². The van der Waals surface area contributed by atoms with Crippen LogP contribution >= 0.6 is 19.4 Å². The summed E-state index contributed by atoms with van der Waals surface area (Å²) in [6, 6.07) is 8.62. The number of aliphatic hydroxyl groups excluding tert-OH is 1. The minimum absolute atomic E-state index is 0.0399. The van der Waals surface area contributed by atoms with E-state index in [0.29, 0.717) is 12.1 Å². The molecule has 3 aromatic rings. The highest BCUT2D eigenvalue weighted by atomic mass is 35.5. The number of hydrogen-bond acceptors (Lipinski definition) is 7. The van der Waals surface area contributed by atoms with Crippen molar-refractivity contribution < 1.29 is 33.5 Å². The number of aliphatic hydroxyl groups is 1. The molecule has 12 heteroatoms. The largest absolute Gasteiger partial charge is 0.524 e. The van der Waals surface area contributed by atoms with E-state index in [0.717, 1.165) is 12.1 Å². The van der Waals surface area contributed by atoms with Gasteiger partial charge in [0, 0.05) is 29.8 Å². The van der Waals surface area contributed by atoms with Gasteiger partial charge in [-0.2, -0.15) is 0 Å². The number of fused-ring (bicyclic) bond motifs is 1. The number of nitrogens with zero attached hydrogens (tertiary/aromatic N) is 1. The summed E-state index contributed by atoms with van der Waals surface area (Å²) in [6.07, 6.45) is -1.07. The van der Waals surface area contributed by atoms with Crippen LogP contribution in [-0.2, 0) is 9.88 Å². The molecule has 172 valence electrons. The van der Waals surface area contributed by atoms with Crippen molar-refractivity contribution in [2.45, 2.75) is 17.8 Å². The third-order valence-electron chi connectivity index (χ3n) is 5.75. The lowest BCUT2D eigenvalue weighted by Crippen LogP contribution is -2.53. The van der Waals surface area contributed by atoms with Crippen LogP contribution < -0.4 is 9.95 Å². The molecule has 1 aliphatic rings. The van der Waals surface area contributed by atoms with Gasteiger partial charge >= 0.3 is 7.82 Å². The predicted octanol–water partition coefficient (Wildman–Crippen LogP) is 2.35. The number of phosphoric acid groups is 1. The summed E-state index contributed by atoms with van der Waals surface area (Å²) < 4.78 is 22.5. The number of β-amino-alcohol motifs (C(OH)–C–C–N with tert-alkyl or cyclic N) is 1. The zero-order chi connectivity index (χ0) is 24.1. The van der Waals surface area contributed by atoms with E-state index < -0.39 is 36.2 Å². The molecule has 2 radical (unpaired) electrons. The quantitative estimate of drug-likeness (QED) is 0.320. The Labute approximate surface area is 194 Å². The monoisotopic (exact) mass is 491 g/mol. The molecule has 1 fully saturated rings. The maximum Gasteiger partial charge on any atom is 0.524 e. The van der Waals surface area contributed by atoms with Gasteiger partial charge < -0.3 is 24.1 Å². The van der Waals surface area contributed by atoms with Gasteiger partial charge in [-0.1, -0.05) is 23.7 Å². The number of halogens is 1. The fourth-order valence-corrected chi connectivity index (χ4v) is 4.74. The van der Waals surface area contributed by atoms with Crippen molar-refractivity contribution in [3.63, 3.8) is 0 Å². The Bertz CT molecular complexity index is 1340. The predicted molar refractivity (Wildman–Crippen MR) is 123 cm³/mol. The van der Waals surface area contributed by atoms with E-state index in [9.17, 15) is 29.4 Å². The first kappa shape index (κ1) is 23.8. The Kier molecular flexibility index (Phi) is 6.11. The van der Waals surface area contributed by atoms with Gasteiger partial charge in [0.1, 0.15) is 28.2 Å². The van der Waals surface area contributed by atoms with Crippen molar-refractivity contribution in [1.82, 2.24) is 4.90 Å². The number of phosphoric ester groups is 1. The number of phenolic OH excluding ortho intramolecular Hbond substituents is 1. The molecule has 33 heavy (non-hydrogen) atoms. The van der Waals surface area contributed by atoms with Crippen LogP contribution in [0.25, 0.3) is 22.3 Å². The molecule has 0 amide bonds. The highest BCUT2D eigenvalue weighted by Crippen LogP contribution is 2.49. The molecule has 4 N–H and O–H groups in total. The Balaban J connectivity index is 2.10. The maximum absolute atomic E-state index is 13.0. The van der Waals surface area contributed by atoms with Crippen LogP contribution in [0.3, 0.4) is 0 Å². The first-order valence-corrected chi connectivity index (χ1v) is 11.8. The molecule has 0 bridgehead atoms. The number of hydrogen-bond donors (Lipinski definition) is 4. The summed E-state index contributed by atoms with van der Waals surface area (Å²) in [5.74, 6) is -1.08. The van der Waals surface area contributed by atoms with Gasteiger partial charge in [0.15, 0.2) is 5.43 Å². The lowest BCUT2D eigenvalue weighted by molar-refractivity contribution is 0.0449. The number of phenols is 1. The molecule has 0 aliphatic carbocycles. The summed E-state index contributed by atoms with van der Waals surface area (Å²) in [7, 11) is 3.28. The molecular weight excluding hydrogens is 471 g/mol. The Morgan fingerprint density at radius 2 is 2.00 bits per heavy atom. The average molecular weight is 492 g/mol. The molecule has 9 nitrogen and oxygen atoms in total. The second kappa shape index (κ2) is 8.47. The van der Waals surface area contributed by atoms with E-state index in [1.54, 1.807) is 31.3 Å². The van der Waals surface area contributed by atoms with Crippen molar-refractivity contribution in [2.24, 2.45) is 0 Å². The Hall–Kier alpha value is -2.33. The first-order valence-electron chi connectivity index (χ1n) is 9.90. The lowest BCUT2D eigenvalue weighted by atomic mass is 9.56. The maximum atomic E-state index is 13.0. The second-order valence-corrected chi connectivity index (χ2v) is 9.65. The van der Waals surface area contributed by atoms with Gasteiger partial charge in [0.25, 0.3) is 0 Å². The minimum Gasteiger partial charge on any atom is -0.507 e. The zero-order valence-electron chi connectivity index (χ0n) is 17.4. The van der Waals surface area contributed by atoms with Gasteiger partial charge in [-0.05, 0) is 37.5 Å². The van der Waals surface area contributed by atoms with E-state index in [1.165, 1.54) is 0 Å². The summed E-state index contributed by atoms with van der Waals surface area (Å²) >= 11 is 6.26. The third kappa shape index (κ3) is 4.42. The standard InChI is InChI=1S/C21H20BClNO8P/c1-24-7-6-21(22,17(27)10-24)19-16(32-33(28,29)30)9-14(26)18-13(25)8-15(31-20(18)19)11-4-2-3-5-12(11)23/h2-5,8-9,17,26-27H,6-7,10H2,1H3,(H2,28,29,30). The molecule has 0 spiro atoms. The molecule has 2 heterocycles. The highest BCUT2D eigenvalue weighted by molar-refractivity contribution is 7.46. The molecule has 1 aliphatic heterocycles. The summed E-state index contributed by atoms with van der Waals surface area (Å²) in [4.78, 5) is 33.7. The topological polar surface area (TPSA) is 141 Å². The van der Waals surface area contributed by atoms with E-state index in [2.05, 4.69) is 0 Å². The number of aromatic hydroxyl groups is 1. The van der Waals surface area contributed by atoms with E-state index >= 15 is 0 Å². The first-order chi connectivity index (χ1) is 15.4. The molecule has 0 saturated carbocycles. The van der Waals surface area contributed by atoms with Crippen LogP contribution in [0.4, 0.5) is 0 Å². The van der Waals surface area contributed by atoms with E-state index in [1.807, 2.05) is 4.90 Å². The van der Waals surface area contributed by atoms with E-state index in [-0.39, 0.29) is 40.3 Å². The summed E-state index contributed by atoms with van der Waals surface area (Å²) in [6.45, 7) is 0.572. The zero-order valence-corrected chi connectivity index (χ0v) is 19.1. The van der Waals surface area contributed by atoms with Crippen LogP contribution in [0, 0.1) is 0 Å². The van der Waals surface area contributed by atoms with Gasteiger partial charge in [-0.15, -0.1) is 0 Å². The Morgan fingerprint density at radius 3 is 2.64 bits per heavy atom. The number of piperidine rings is 1. The van der Waals surface area contributed by atoms with Gasteiger partial charge in [0.2, 0.25) is 0 Å². The summed E-state index contributed by atoms with van der Waals surface area (Å²) in [5, 5.41) is 19.8. The Morgan fingerprint density at radius 1 is 1.30 bits per heavy atom. The fraction of sp³-hybridized carbons (Fsp3) is 0.286. The molecule has 1 saturated heterocycles. The fourth-order valence-electron chi connectivity index (χ4n) is 4.11. The van der Waals surface area contributed by atoms with Crippen molar-refractivity contribution in [3.05, 3.63) is 57.2 Å². The van der Waals surface area contributed by atoms with Crippen LogP contribution in [0.5, 0.6) is 11.5 Å². The van der Waals surface area contributed by atoms with Gasteiger partial charge in [-0.3, -0.25) is 14.6 Å².